The highest BCUT2D eigenvalue weighted by atomic mass is 16.6. The smallest absolute Gasteiger partial charge is 0.407 e. The van der Waals surface area contributed by atoms with Crippen molar-refractivity contribution in [3.63, 3.8) is 0 Å². The fourth-order valence-corrected chi connectivity index (χ4v) is 1.99. The summed E-state index contributed by atoms with van der Waals surface area (Å²) < 4.78 is 6.65. The highest BCUT2D eigenvalue weighted by molar-refractivity contribution is 5.93. The van der Waals surface area contributed by atoms with Crippen LogP contribution in [-0.4, -0.2) is 43.8 Å². The number of aromatic carboxylic acids is 1. The molecule has 0 atom stereocenters. The van der Waals surface area contributed by atoms with Crippen LogP contribution in [0.1, 0.15) is 31.3 Å². The van der Waals surface area contributed by atoms with Crippen LogP contribution in [0.15, 0.2) is 18.6 Å². The topological polar surface area (TPSA) is 106 Å². The minimum absolute atomic E-state index is 0.0986. The van der Waals surface area contributed by atoms with Crippen LogP contribution in [0.2, 0.25) is 0 Å². The number of aromatic nitrogens is 3. The molecule has 0 saturated carbocycles. The summed E-state index contributed by atoms with van der Waals surface area (Å²) in [7, 11) is 0. The second kappa shape index (κ2) is 6.00. The molecule has 8 heteroatoms. The Morgan fingerprint density at radius 1 is 1.41 bits per heavy atom. The van der Waals surface area contributed by atoms with Gasteiger partial charge in [0, 0.05) is 24.7 Å². The molecule has 0 aliphatic heterocycles. The molecule has 0 spiro atoms. The van der Waals surface area contributed by atoms with Crippen molar-refractivity contribution in [2.75, 3.05) is 6.54 Å². The Kier molecular flexibility index (Phi) is 4.30. The number of nitrogens with one attached hydrogen (secondary N) is 1. The average molecular weight is 306 g/mol. The summed E-state index contributed by atoms with van der Waals surface area (Å²) in [6.07, 6.45) is 2.36. The van der Waals surface area contributed by atoms with Crippen LogP contribution in [0.5, 0.6) is 0 Å². The number of rotatable bonds is 4. The van der Waals surface area contributed by atoms with E-state index in [0.29, 0.717) is 11.0 Å². The summed E-state index contributed by atoms with van der Waals surface area (Å²) in [5, 5.41) is 12.5. The van der Waals surface area contributed by atoms with Crippen molar-refractivity contribution in [2.24, 2.45) is 0 Å². The Balaban J connectivity index is 2.09. The van der Waals surface area contributed by atoms with Crippen LogP contribution in [0, 0.1) is 0 Å². The number of carboxylic acid groups (broad SMARTS) is 1. The number of carbonyl (C=O) groups is 2. The minimum atomic E-state index is -1.06. The van der Waals surface area contributed by atoms with Crippen molar-refractivity contribution in [1.82, 2.24) is 19.9 Å². The molecule has 0 radical (unpaired) electrons. The molecule has 2 N–H and O–H groups in total. The highest BCUT2D eigenvalue weighted by Crippen LogP contribution is 2.16. The first-order valence-electron chi connectivity index (χ1n) is 6.77. The van der Waals surface area contributed by atoms with Crippen LogP contribution in [0.3, 0.4) is 0 Å². The van der Waals surface area contributed by atoms with E-state index in [-0.39, 0.29) is 18.8 Å². The number of carboxylic acids is 1. The maximum absolute atomic E-state index is 11.6. The number of alkyl carbamates (subject to hydrolysis) is 1. The Bertz CT molecular complexity index is 702. The monoisotopic (exact) mass is 306 g/mol. The maximum atomic E-state index is 11.6. The fraction of sp³-hybridized carbons (Fsp3) is 0.429. The Labute approximate surface area is 127 Å². The van der Waals surface area contributed by atoms with E-state index in [1.807, 2.05) is 0 Å². The molecular formula is C14H18N4O4. The zero-order valence-electron chi connectivity index (χ0n) is 12.7. The molecule has 2 aromatic heterocycles. The van der Waals surface area contributed by atoms with Crippen LogP contribution >= 0.6 is 0 Å². The molecule has 0 aromatic carbocycles. The number of amides is 1. The number of nitrogens with zero attached hydrogens (tertiary/aromatic N) is 3. The van der Waals surface area contributed by atoms with Gasteiger partial charge in [-0.2, -0.15) is 0 Å². The number of carbonyl (C=O) groups excluding carboxylic acids is 1. The van der Waals surface area contributed by atoms with Gasteiger partial charge in [-0.25, -0.2) is 19.6 Å². The lowest BCUT2D eigenvalue weighted by Gasteiger charge is -2.19. The van der Waals surface area contributed by atoms with E-state index in [9.17, 15) is 14.7 Å². The van der Waals surface area contributed by atoms with Gasteiger partial charge in [-0.15, -0.1) is 0 Å². The fourth-order valence-electron chi connectivity index (χ4n) is 1.99. The van der Waals surface area contributed by atoms with Crippen molar-refractivity contribution in [2.45, 2.75) is 32.9 Å². The van der Waals surface area contributed by atoms with Gasteiger partial charge in [0.05, 0.1) is 0 Å². The summed E-state index contributed by atoms with van der Waals surface area (Å²) in [5.74, 6) is -1.06. The van der Waals surface area contributed by atoms with Gasteiger partial charge in [0.2, 0.25) is 0 Å². The van der Waals surface area contributed by atoms with Crippen LogP contribution in [-0.2, 0) is 11.3 Å². The van der Waals surface area contributed by atoms with Gasteiger partial charge in [-0.1, -0.05) is 0 Å². The lowest BCUT2D eigenvalue weighted by Crippen LogP contribution is -2.34. The molecule has 2 heterocycles. The van der Waals surface area contributed by atoms with Gasteiger partial charge in [0.1, 0.15) is 23.3 Å². The molecule has 0 saturated heterocycles. The predicted molar refractivity (Wildman–Crippen MR) is 78.7 cm³/mol. The summed E-state index contributed by atoms with van der Waals surface area (Å²) in [5.41, 5.74) is 0.0313. The van der Waals surface area contributed by atoms with E-state index < -0.39 is 17.7 Å². The third-order valence-electron chi connectivity index (χ3n) is 2.78. The highest BCUT2D eigenvalue weighted by Gasteiger charge is 2.17. The lowest BCUT2D eigenvalue weighted by molar-refractivity contribution is 0.0526. The van der Waals surface area contributed by atoms with Crippen molar-refractivity contribution in [1.29, 1.82) is 0 Å². The quantitative estimate of drug-likeness (QED) is 0.889. The molecule has 0 unspecified atom stereocenters. The molecule has 2 aromatic rings. The molecule has 0 fully saturated rings. The molecule has 0 bridgehead atoms. The minimum Gasteiger partial charge on any atom is -0.477 e. The number of ether oxygens (including phenoxy) is 1. The number of fused-ring (bicyclic) bond motifs is 1. The number of hydrogen-bond donors (Lipinski definition) is 2. The van der Waals surface area contributed by atoms with Crippen molar-refractivity contribution < 1.29 is 19.4 Å². The molecule has 0 aliphatic rings. The van der Waals surface area contributed by atoms with Crippen LogP contribution in [0.4, 0.5) is 4.79 Å². The van der Waals surface area contributed by atoms with E-state index in [2.05, 4.69) is 15.3 Å². The molecule has 0 aliphatic carbocycles. The second-order valence-corrected chi connectivity index (χ2v) is 5.72. The second-order valence-electron chi connectivity index (χ2n) is 5.72. The third-order valence-corrected chi connectivity index (χ3v) is 2.78. The standard InChI is InChI=1S/C14H18N4O4/c1-14(2,3)22-13(21)16-4-5-18-10(12(19)20)6-9-7-15-8-17-11(9)18/h6-8H,4-5H2,1-3H3,(H,16,21)(H,19,20). The summed E-state index contributed by atoms with van der Waals surface area (Å²) in [6.45, 7) is 5.80. The van der Waals surface area contributed by atoms with Gasteiger partial charge >= 0.3 is 12.1 Å². The van der Waals surface area contributed by atoms with Crippen LogP contribution < -0.4 is 5.32 Å². The van der Waals surface area contributed by atoms with Crippen molar-refractivity contribution in [3.8, 4) is 0 Å². The zero-order valence-corrected chi connectivity index (χ0v) is 12.7. The van der Waals surface area contributed by atoms with Gasteiger partial charge in [-0.05, 0) is 26.8 Å². The maximum Gasteiger partial charge on any atom is 0.407 e. The van der Waals surface area contributed by atoms with Crippen molar-refractivity contribution >= 4 is 23.1 Å². The first-order valence-corrected chi connectivity index (χ1v) is 6.77. The van der Waals surface area contributed by atoms with E-state index >= 15 is 0 Å². The van der Waals surface area contributed by atoms with E-state index in [0.717, 1.165) is 0 Å². The largest absolute Gasteiger partial charge is 0.477 e. The van der Waals surface area contributed by atoms with Gasteiger partial charge in [-0.3, -0.25) is 0 Å². The Morgan fingerprint density at radius 2 is 2.14 bits per heavy atom. The average Bonchev–Trinajstić information content (AvgIpc) is 2.76. The SMILES string of the molecule is CC(C)(C)OC(=O)NCCn1c(C(=O)O)cc2cncnc21. The molecule has 118 valence electrons. The van der Waals surface area contributed by atoms with Gasteiger partial charge in [0.25, 0.3) is 0 Å². The summed E-state index contributed by atoms with van der Waals surface area (Å²) in [6, 6.07) is 1.51. The Hall–Kier alpha value is -2.64. The molecule has 8 nitrogen and oxygen atoms in total. The summed E-state index contributed by atoms with van der Waals surface area (Å²) in [4.78, 5) is 30.8. The van der Waals surface area contributed by atoms with Gasteiger partial charge in [0.15, 0.2) is 0 Å². The molecule has 22 heavy (non-hydrogen) atoms. The van der Waals surface area contributed by atoms with Crippen LogP contribution in [0.25, 0.3) is 11.0 Å². The van der Waals surface area contributed by atoms with E-state index in [4.69, 9.17) is 4.74 Å². The first kappa shape index (κ1) is 15.7. The molecular weight excluding hydrogens is 288 g/mol. The van der Waals surface area contributed by atoms with E-state index in [1.54, 1.807) is 27.0 Å². The van der Waals surface area contributed by atoms with Crippen molar-refractivity contribution in [3.05, 3.63) is 24.3 Å². The number of hydrogen-bond acceptors (Lipinski definition) is 5. The Morgan fingerprint density at radius 3 is 2.77 bits per heavy atom. The lowest BCUT2D eigenvalue weighted by atomic mass is 10.2. The van der Waals surface area contributed by atoms with E-state index in [1.165, 1.54) is 17.0 Å². The first-order chi connectivity index (χ1) is 10.3. The summed E-state index contributed by atoms with van der Waals surface area (Å²) >= 11 is 0. The van der Waals surface area contributed by atoms with Gasteiger partial charge < -0.3 is 19.7 Å². The predicted octanol–water partition coefficient (Wildman–Crippen LogP) is 1.65. The molecule has 1 amide bonds. The molecule has 2 rings (SSSR count). The normalized spacial score (nSPS) is 11.4. The third kappa shape index (κ3) is 3.72. The zero-order chi connectivity index (χ0) is 16.3.